The van der Waals surface area contributed by atoms with Gasteiger partial charge in [0.1, 0.15) is 0 Å². The van der Waals surface area contributed by atoms with E-state index in [9.17, 15) is 4.79 Å². The molecule has 6 heteroatoms. The molecule has 2 heterocycles. The zero-order valence-corrected chi connectivity index (χ0v) is 11.0. The third kappa shape index (κ3) is 4.50. The fourth-order valence-electron chi connectivity index (χ4n) is 1.95. The molecule has 0 radical (unpaired) electrons. The number of likely N-dealkylation sites (tertiary alicyclic amines) is 1. The SMILES string of the molecule is Cl.Cl.NC(=O)C1CCN(Cc2ccncc2)C1. The zero-order chi connectivity index (χ0) is 10.7. The number of nitrogens with two attached hydrogens (primary N) is 1. The van der Waals surface area contributed by atoms with Crippen molar-refractivity contribution in [2.75, 3.05) is 13.1 Å². The number of rotatable bonds is 3. The molecular formula is C11H17Cl2N3O. The van der Waals surface area contributed by atoms with Crippen LogP contribution in [-0.4, -0.2) is 28.9 Å². The van der Waals surface area contributed by atoms with Gasteiger partial charge in [-0.3, -0.25) is 14.7 Å². The monoisotopic (exact) mass is 277 g/mol. The van der Waals surface area contributed by atoms with Gasteiger partial charge in [-0.05, 0) is 30.7 Å². The first-order chi connectivity index (χ1) is 7.25. The normalized spacial score (nSPS) is 19.2. The fourth-order valence-corrected chi connectivity index (χ4v) is 1.95. The highest BCUT2D eigenvalue weighted by Crippen LogP contribution is 2.17. The van der Waals surface area contributed by atoms with E-state index in [1.807, 2.05) is 12.1 Å². The van der Waals surface area contributed by atoms with E-state index in [2.05, 4.69) is 9.88 Å². The molecule has 0 spiro atoms. The third-order valence-corrected chi connectivity index (χ3v) is 2.83. The van der Waals surface area contributed by atoms with Crippen LogP contribution in [-0.2, 0) is 11.3 Å². The maximum atomic E-state index is 11.0. The van der Waals surface area contributed by atoms with Gasteiger partial charge < -0.3 is 5.73 Å². The zero-order valence-electron chi connectivity index (χ0n) is 9.41. The standard InChI is InChI=1S/C11H15N3O.2ClH/c12-11(15)10-3-6-14(8-10)7-9-1-4-13-5-2-9;;/h1-2,4-5,10H,3,6-8H2,(H2,12,15);2*1H. The van der Waals surface area contributed by atoms with Crippen molar-refractivity contribution in [1.82, 2.24) is 9.88 Å². The Hall–Kier alpha value is -0.840. The minimum Gasteiger partial charge on any atom is -0.369 e. The lowest BCUT2D eigenvalue weighted by molar-refractivity contribution is -0.121. The van der Waals surface area contributed by atoms with Gasteiger partial charge in [0, 0.05) is 25.5 Å². The first-order valence-corrected chi connectivity index (χ1v) is 5.16. The lowest BCUT2D eigenvalue weighted by atomic mass is 10.1. The average molecular weight is 278 g/mol. The third-order valence-electron chi connectivity index (χ3n) is 2.83. The van der Waals surface area contributed by atoms with Crippen molar-refractivity contribution in [2.45, 2.75) is 13.0 Å². The van der Waals surface area contributed by atoms with E-state index in [-0.39, 0.29) is 36.6 Å². The second-order valence-electron chi connectivity index (χ2n) is 3.98. The highest BCUT2D eigenvalue weighted by molar-refractivity contribution is 5.85. The summed E-state index contributed by atoms with van der Waals surface area (Å²) >= 11 is 0. The Morgan fingerprint density at radius 1 is 1.41 bits per heavy atom. The minimum absolute atomic E-state index is 0. The molecule has 1 amide bonds. The number of primary amides is 1. The molecule has 1 fully saturated rings. The van der Waals surface area contributed by atoms with Crippen LogP contribution >= 0.6 is 24.8 Å². The second kappa shape index (κ2) is 7.48. The Kier molecular flexibility index (Phi) is 7.11. The molecule has 2 rings (SSSR count). The molecule has 1 saturated heterocycles. The molecule has 0 aliphatic carbocycles. The summed E-state index contributed by atoms with van der Waals surface area (Å²) < 4.78 is 0. The van der Waals surface area contributed by atoms with Crippen LogP contribution in [0.3, 0.4) is 0 Å². The summed E-state index contributed by atoms with van der Waals surface area (Å²) in [4.78, 5) is 17.2. The molecule has 1 aromatic heterocycles. The first kappa shape index (κ1) is 16.2. The van der Waals surface area contributed by atoms with E-state index in [1.54, 1.807) is 12.4 Å². The Bertz CT molecular complexity index is 348. The van der Waals surface area contributed by atoms with Crippen molar-refractivity contribution in [3.05, 3.63) is 30.1 Å². The summed E-state index contributed by atoms with van der Waals surface area (Å²) in [5.74, 6) is -0.140. The maximum absolute atomic E-state index is 11.0. The number of carbonyl (C=O) groups excluding carboxylic acids is 1. The van der Waals surface area contributed by atoms with Gasteiger partial charge in [0.25, 0.3) is 0 Å². The lowest BCUT2D eigenvalue weighted by Crippen LogP contribution is -2.27. The van der Waals surface area contributed by atoms with Crippen LogP contribution in [0.25, 0.3) is 0 Å². The van der Waals surface area contributed by atoms with Crippen LogP contribution in [0.15, 0.2) is 24.5 Å². The number of hydrogen-bond acceptors (Lipinski definition) is 3. The van der Waals surface area contributed by atoms with E-state index in [1.165, 1.54) is 5.56 Å². The molecule has 2 N–H and O–H groups in total. The molecule has 96 valence electrons. The molecule has 1 unspecified atom stereocenters. The number of halogens is 2. The van der Waals surface area contributed by atoms with Crippen molar-refractivity contribution < 1.29 is 4.79 Å². The smallest absolute Gasteiger partial charge is 0.221 e. The summed E-state index contributed by atoms with van der Waals surface area (Å²) in [5.41, 5.74) is 6.51. The maximum Gasteiger partial charge on any atom is 0.221 e. The highest BCUT2D eigenvalue weighted by atomic mass is 35.5. The van der Waals surface area contributed by atoms with E-state index >= 15 is 0 Å². The van der Waals surface area contributed by atoms with E-state index in [0.29, 0.717) is 0 Å². The van der Waals surface area contributed by atoms with Crippen molar-refractivity contribution in [3.63, 3.8) is 0 Å². The van der Waals surface area contributed by atoms with Crippen LogP contribution < -0.4 is 5.73 Å². The number of hydrogen-bond donors (Lipinski definition) is 1. The van der Waals surface area contributed by atoms with Gasteiger partial charge in [0.2, 0.25) is 5.91 Å². The predicted octanol–water partition coefficient (Wildman–Crippen LogP) is 1.23. The van der Waals surface area contributed by atoms with E-state index in [4.69, 9.17) is 5.73 Å². The van der Waals surface area contributed by atoms with Crippen molar-refractivity contribution in [1.29, 1.82) is 0 Å². The number of carbonyl (C=O) groups is 1. The summed E-state index contributed by atoms with van der Waals surface area (Å²) in [7, 11) is 0. The second-order valence-corrected chi connectivity index (χ2v) is 3.98. The summed E-state index contributed by atoms with van der Waals surface area (Å²) in [5, 5.41) is 0. The van der Waals surface area contributed by atoms with Gasteiger partial charge in [-0.1, -0.05) is 0 Å². The van der Waals surface area contributed by atoms with Crippen LogP contribution in [0.4, 0.5) is 0 Å². The Labute approximate surface area is 113 Å². The molecule has 0 aromatic carbocycles. The van der Waals surface area contributed by atoms with Crippen molar-refractivity contribution in [3.8, 4) is 0 Å². The van der Waals surface area contributed by atoms with Gasteiger partial charge in [0.15, 0.2) is 0 Å². The molecule has 0 saturated carbocycles. The van der Waals surface area contributed by atoms with Gasteiger partial charge in [-0.25, -0.2) is 0 Å². The molecule has 1 aliphatic rings. The van der Waals surface area contributed by atoms with Gasteiger partial charge in [-0.15, -0.1) is 24.8 Å². The lowest BCUT2D eigenvalue weighted by Gasteiger charge is -2.14. The minimum atomic E-state index is -0.174. The van der Waals surface area contributed by atoms with Crippen LogP contribution in [0, 0.1) is 5.92 Å². The predicted molar refractivity (Wildman–Crippen MR) is 71.3 cm³/mol. The summed E-state index contributed by atoms with van der Waals surface area (Å²) in [6, 6.07) is 4.00. The Balaban J connectivity index is 0.00000128. The number of pyridine rings is 1. The largest absolute Gasteiger partial charge is 0.369 e. The molecule has 17 heavy (non-hydrogen) atoms. The van der Waals surface area contributed by atoms with Crippen LogP contribution in [0.5, 0.6) is 0 Å². The van der Waals surface area contributed by atoms with Crippen LogP contribution in [0.2, 0.25) is 0 Å². The Morgan fingerprint density at radius 2 is 2.06 bits per heavy atom. The first-order valence-electron chi connectivity index (χ1n) is 5.16. The van der Waals surface area contributed by atoms with Gasteiger partial charge in [0.05, 0.1) is 5.92 Å². The molecule has 4 nitrogen and oxygen atoms in total. The quantitative estimate of drug-likeness (QED) is 0.904. The van der Waals surface area contributed by atoms with E-state index in [0.717, 1.165) is 26.1 Å². The number of amides is 1. The molecule has 1 aliphatic heterocycles. The molecule has 1 atom stereocenters. The summed E-state index contributed by atoms with van der Waals surface area (Å²) in [6.45, 7) is 2.62. The summed E-state index contributed by atoms with van der Waals surface area (Å²) in [6.07, 6.45) is 4.47. The van der Waals surface area contributed by atoms with Crippen LogP contribution in [0.1, 0.15) is 12.0 Å². The van der Waals surface area contributed by atoms with Crippen molar-refractivity contribution >= 4 is 30.7 Å². The highest BCUT2D eigenvalue weighted by Gasteiger charge is 2.26. The molecule has 1 aromatic rings. The van der Waals surface area contributed by atoms with E-state index < -0.39 is 0 Å². The number of aromatic nitrogens is 1. The molecular weight excluding hydrogens is 261 g/mol. The topological polar surface area (TPSA) is 59.2 Å². The van der Waals surface area contributed by atoms with Gasteiger partial charge in [-0.2, -0.15) is 0 Å². The number of nitrogens with zero attached hydrogens (tertiary/aromatic N) is 2. The van der Waals surface area contributed by atoms with Crippen molar-refractivity contribution in [2.24, 2.45) is 11.7 Å². The van der Waals surface area contributed by atoms with Gasteiger partial charge >= 0.3 is 0 Å². The fraction of sp³-hybridized carbons (Fsp3) is 0.455. The molecule has 0 bridgehead atoms. The average Bonchev–Trinajstić information content (AvgIpc) is 2.68. The Morgan fingerprint density at radius 3 is 2.59 bits per heavy atom.